The molecule has 0 amide bonds. The summed E-state index contributed by atoms with van der Waals surface area (Å²) in [6.07, 6.45) is 0. The summed E-state index contributed by atoms with van der Waals surface area (Å²) in [6, 6.07) is 12.4. The highest BCUT2D eigenvalue weighted by atomic mass is 35.5. The Morgan fingerprint density at radius 1 is 1.21 bits per heavy atom. The van der Waals surface area contributed by atoms with Gasteiger partial charge in [-0.15, -0.1) is 0 Å². The van der Waals surface area contributed by atoms with Gasteiger partial charge in [-0.1, -0.05) is 41.9 Å². The van der Waals surface area contributed by atoms with Crippen LogP contribution in [0.2, 0.25) is 5.02 Å². The molecule has 0 spiro atoms. The van der Waals surface area contributed by atoms with Crippen molar-refractivity contribution in [1.29, 1.82) is 0 Å². The first-order chi connectivity index (χ1) is 9.09. The number of benzene rings is 2. The van der Waals surface area contributed by atoms with E-state index in [-0.39, 0.29) is 12.2 Å². The molecule has 4 heteroatoms. The number of rotatable bonds is 4. The average molecular weight is 277 g/mol. The Labute approximate surface area is 116 Å². The fourth-order valence-electron chi connectivity index (χ4n) is 1.78. The highest BCUT2D eigenvalue weighted by Gasteiger charge is 2.13. The van der Waals surface area contributed by atoms with E-state index in [9.17, 15) is 4.79 Å². The summed E-state index contributed by atoms with van der Waals surface area (Å²) in [7, 11) is 0. The van der Waals surface area contributed by atoms with E-state index in [2.05, 4.69) is 0 Å². The van der Waals surface area contributed by atoms with Crippen LogP contribution in [0.4, 0.5) is 0 Å². The Morgan fingerprint density at radius 2 is 1.95 bits per heavy atom. The zero-order chi connectivity index (χ0) is 13.8. The molecule has 1 N–H and O–H groups in total. The average Bonchev–Trinajstić information content (AvgIpc) is 2.38. The van der Waals surface area contributed by atoms with E-state index in [0.717, 1.165) is 11.1 Å². The molecule has 0 bridgehead atoms. The minimum atomic E-state index is -1.00. The lowest BCUT2D eigenvalue weighted by Crippen LogP contribution is -2.05. The molecule has 0 fully saturated rings. The largest absolute Gasteiger partial charge is 0.488 e. The Morgan fingerprint density at radius 3 is 2.63 bits per heavy atom. The number of hydrogen-bond donors (Lipinski definition) is 1. The highest BCUT2D eigenvalue weighted by molar-refractivity contribution is 6.31. The number of para-hydroxylation sites is 1. The van der Waals surface area contributed by atoms with Crippen molar-refractivity contribution in [1.82, 2.24) is 0 Å². The van der Waals surface area contributed by atoms with Crippen molar-refractivity contribution in [3.8, 4) is 5.75 Å². The molecule has 0 atom stereocenters. The van der Waals surface area contributed by atoms with E-state index in [1.54, 1.807) is 12.1 Å². The summed E-state index contributed by atoms with van der Waals surface area (Å²) in [5.41, 5.74) is 1.77. The molecule has 0 aromatic heterocycles. The lowest BCUT2D eigenvalue weighted by atomic mass is 10.1. The van der Waals surface area contributed by atoms with Gasteiger partial charge in [-0.2, -0.15) is 0 Å². The van der Waals surface area contributed by atoms with Crippen molar-refractivity contribution in [2.24, 2.45) is 0 Å². The topological polar surface area (TPSA) is 46.5 Å². The van der Waals surface area contributed by atoms with Gasteiger partial charge in [0.2, 0.25) is 0 Å². The second-order valence-electron chi connectivity index (χ2n) is 4.14. The van der Waals surface area contributed by atoms with Crippen molar-refractivity contribution < 1.29 is 14.6 Å². The third kappa shape index (κ3) is 3.06. The number of aryl methyl sites for hydroxylation is 1. The normalized spacial score (nSPS) is 10.2. The standard InChI is InChI=1S/C15H13ClO3/c1-10-5-4-7-12(15(17)18)14(10)19-9-11-6-2-3-8-13(11)16/h2-8H,9H2,1H3,(H,17,18). The van der Waals surface area contributed by atoms with Gasteiger partial charge >= 0.3 is 5.97 Å². The van der Waals surface area contributed by atoms with Gasteiger partial charge in [0.25, 0.3) is 0 Å². The number of ether oxygens (including phenoxy) is 1. The molecule has 0 saturated heterocycles. The van der Waals surface area contributed by atoms with E-state index in [1.807, 2.05) is 31.2 Å². The summed E-state index contributed by atoms with van der Waals surface area (Å²) in [6.45, 7) is 2.05. The van der Waals surface area contributed by atoms with Gasteiger partial charge < -0.3 is 9.84 Å². The SMILES string of the molecule is Cc1cccc(C(=O)O)c1OCc1ccccc1Cl. The quantitative estimate of drug-likeness (QED) is 0.920. The Hall–Kier alpha value is -2.00. The molecule has 0 aliphatic carbocycles. The molecule has 0 unspecified atom stereocenters. The van der Waals surface area contributed by atoms with E-state index >= 15 is 0 Å². The molecular weight excluding hydrogens is 264 g/mol. The first-order valence-corrected chi connectivity index (χ1v) is 6.16. The zero-order valence-corrected chi connectivity index (χ0v) is 11.1. The minimum Gasteiger partial charge on any atom is -0.488 e. The molecule has 0 saturated carbocycles. The Bertz CT molecular complexity index is 608. The maximum atomic E-state index is 11.1. The van der Waals surface area contributed by atoms with E-state index < -0.39 is 5.97 Å². The van der Waals surface area contributed by atoms with Crippen LogP contribution in [0, 0.1) is 6.92 Å². The lowest BCUT2D eigenvalue weighted by molar-refractivity contribution is 0.0691. The van der Waals surface area contributed by atoms with Gasteiger partial charge in [0.15, 0.2) is 0 Å². The number of carboxylic acid groups (broad SMARTS) is 1. The van der Waals surface area contributed by atoms with Crippen molar-refractivity contribution in [2.45, 2.75) is 13.5 Å². The van der Waals surface area contributed by atoms with Crippen LogP contribution in [-0.4, -0.2) is 11.1 Å². The number of carbonyl (C=O) groups is 1. The highest BCUT2D eigenvalue weighted by Crippen LogP contribution is 2.25. The van der Waals surface area contributed by atoms with Gasteiger partial charge in [-0.05, 0) is 24.6 Å². The molecule has 0 aliphatic heterocycles. The predicted molar refractivity (Wildman–Crippen MR) is 73.9 cm³/mol. The fraction of sp³-hybridized carbons (Fsp3) is 0.133. The van der Waals surface area contributed by atoms with E-state index in [4.69, 9.17) is 21.4 Å². The monoisotopic (exact) mass is 276 g/mol. The fourth-order valence-corrected chi connectivity index (χ4v) is 1.97. The van der Waals surface area contributed by atoms with Crippen LogP contribution in [0.15, 0.2) is 42.5 Å². The van der Waals surface area contributed by atoms with Crippen LogP contribution in [0.3, 0.4) is 0 Å². The van der Waals surface area contributed by atoms with E-state index in [0.29, 0.717) is 10.8 Å². The van der Waals surface area contributed by atoms with Crippen molar-refractivity contribution in [3.63, 3.8) is 0 Å². The second kappa shape index (κ2) is 5.76. The predicted octanol–water partition coefficient (Wildman–Crippen LogP) is 3.93. The zero-order valence-electron chi connectivity index (χ0n) is 10.4. The maximum absolute atomic E-state index is 11.1. The molecule has 2 aromatic rings. The molecular formula is C15H13ClO3. The first kappa shape index (κ1) is 13.4. The van der Waals surface area contributed by atoms with E-state index in [1.165, 1.54) is 6.07 Å². The number of aromatic carboxylic acids is 1. The van der Waals surface area contributed by atoms with Crippen LogP contribution in [-0.2, 0) is 6.61 Å². The third-order valence-electron chi connectivity index (χ3n) is 2.77. The van der Waals surface area contributed by atoms with Crippen molar-refractivity contribution in [2.75, 3.05) is 0 Å². The van der Waals surface area contributed by atoms with Crippen LogP contribution < -0.4 is 4.74 Å². The van der Waals surface area contributed by atoms with Crippen molar-refractivity contribution in [3.05, 3.63) is 64.2 Å². The van der Waals surface area contributed by atoms with Crippen LogP contribution in [0.25, 0.3) is 0 Å². The van der Waals surface area contributed by atoms with Gasteiger partial charge in [-0.3, -0.25) is 0 Å². The molecule has 2 rings (SSSR count). The smallest absolute Gasteiger partial charge is 0.339 e. The summed E-state index contributed by atoms with van der Waals surface area (Å²) in [4.78, 5) is 11.1. The lowest BCUT2D eigenvalue weighted by Gasteiger charge is -2.12. The van der Waals surface area contributed by atoms with Gasteiger partial charge in [0.05, 0.1) is 0 Å². The molecule has 0 radical (unpaired) electrons. The molecule has 0 aliphatic rings. The summed E-state index contributed by atoms with van der Waals surface area (Å²) >= 11 is 6.04. The Balaban J connectivity index is 2.25. The Kier molecular flexibility index (Phi) is 4.07. The molecule has 3 nitrogen and oxygen atoms in total. The molecule has 2 aromatic carbocycles. The number of carboxylic acids is 1. The van der Waals surface area contributed by atoms with Gasteiger partial charge in [0.1, 0.15) is 17.9 Å². The van der Waals surface area contributed by atoms with Crippen LogP contribution in [0.1, 0.15) is 21.5 Å². The number of halogens is 1. The minimum absolute atomic E-state index is 0.159. The summed E-state index contributed by atoms with van der Waals surface area (Å²) in [5, 5.41) is 9.74. The van der Waals surface area contributed by atoms with Gasteiger partial charge in [-0.25, -0.2) is 4.79 Å². The third-order valence-corrected chi connectivity index (χ3v) is 3.14. The first-order valence-electron chi connectivity index (χ1n) is 5.78. The van der Waals surface area contributed by atoms with Crippen molar-refractivity contribution >= 4 is 17.6 Å². The maximum Gasteiger partial charge on any atom is 0.339 e. The van der Waals surface area contributed by atoms with Crippen LogP contribution in [0.5, 0.6) is 5.75 Å². The second-order valence-corrected chi connectivity index (χ2v) is 4.54. The summed E-state index contributed by atoms with van der Waals surface area (Å²) < 4.78 is 5.63. The molecule has 0 heterocycles. The number of hydrogen-bond acceptors (Lipinski definition) is 2. The van der Waals surface area contributed by atoms with Crippen LogP contribution >= 0.6 is 11.6 Å². The molecule has 19 heavy (non-hydrogen) atoms. The molecule has 98 valence electrons. The summed E-state index contributed by atoms with van der Waals surface area (Å²) in [5.74, 6) is -0.618. The van der Waals surface area contributed by atoms with Gasteiger partial charge in [0, 0.05) is 10.6 Å².